The predicted octanol–water partition coefficient (Wildman–Crippen LogP) is 4.07. The molecule has 2 amide bonds. The minimum Gasteiger partial charge on any atom is -0.343 e. The lowest BCUT2D eigenvalue weighted by Crippen LogP contribution is -2.40. The Morgan fingerprint density at radius 2 is 1.41 bits per heavy atom. The molecule has 4 nitrogen and oxygen atoms in total. The SMILES string of the molecule is O=C(NCC(=O)N(Cc1ccccc1)c1ccccc1)c1ccc(F)c(F)c1F. The molecule has 0 saturated carbocycles. The van der Waals surface area contributed by atoms with E-state index < -0.39 is 41.4 Å². The third-order valence-corrected chi connectivity index (χ3v) is 4.23. The minimum absolute atomic E-state index is 0.263. The number of rotatable bonds is 6. The van der Waals surface area contributed by atoms with Crippen LogP contribution in [0, 0.1) is 17.5 Å². The van der Waals surface area contributed by atoms with Crippen LogP contribution in [0.15, 0.2) is 72.8 Å². The van der Waals surface area contributed by atoms with Crippen LogP contribution in [0.4, 0.5) is 18.9 Å². The molecular weight excluding hydrogens is 381 g/mol. The van der Waals surface area contributed by atoms with Crippen molar-refractivity contribution in [3.8, 4) is 0 Å². The highest BCUT2D eigenvalue weighted by atomic mass is 19.2. The summed E-state index contributed by atoms with van der Waals surface area (Å²) >= 11 is 0. The van der Waals surface area contributed by atoms with Crippen molar-refractivity contribution in [3.63, 3.8) is 0 Å². The lowest BCUT2D eigenvalue weighted by molar-refractivity contribution is -0.117. The Bertz CT molecular complexity index is 1010. The standard InChI is InChI=1S/C22H17F3N2O2/c23-18-12-11-17(20(24)21(18)25)22(29)26-13-19(28)27(16-9-5-2-6-10-16)14-15-7-3-1-4-8-15/h1-12H,13-14H2,(H,26,29). The number of anilines is 1. The number of hydrogen-bond donors (Lipinski definition) is 1. The first-order chi connectivity index (χ1) is 14.0. The highest BCUT2D eigenvalue weighted by Crippen LogP contribution is 2.18. The van der Waals surface area contributed by atoms with Crippen LogP contribution >= 0.6 is 0 Å². The van der Waals surface area contributed by atoms with Gasteiger partial charge >= 0.3 is 0 Å². The molecule has 1 N–H and O–H groups in total. The number of nitrogens with one attached hydrogen (secondary N) is 1. The van der Waals surface area contributed by atoms with Gasteiger partial charge in [-0.15, -0.1) is 0 Å². The van der Waals surface area contributed by atoms with E-state index in [1.165, 1.54) is 4.90 Å². The number of carbonyl (C=O) groups excluding carboxylic acids is 2. The molecule has 0 spiro atoms. The Balaban J connectivity index is 1.75. The van der Waals surface area contributed by atoms with Crippen LogP contribution in [0.2, 0.25) is 0 Å². The normalized spacial score (nSPS) is 10.4. The summed E-state index contributed by atoms with van der Waals surface area (Å²) in [4.78, 5) is 26.4. The molecule has 0 saturated heterocycles. The zero-order valence-electron chi connectivity index (χ0n) is 15.2. The van der Waals surface area contributed by atoms with Crippen LogP contribution < -0.4 is 10.2 Å². The molecule has 7 heteroatoms. The van der Waals surface area contributed by atoms with Crippen molar-refractivity contribution in [1.82, 2.24) is 5.32 Å². The molecule has 0 bridgehead atoms. The van der Waals surface area contributed by atoms with E-state index in [4.69, 9.17) is 0 Å². The second-order valence-electron chi connectivity index (χ2n) is 6.21. The third kappa shape index (κ3) is 4.82. The highest BCUT2D eigenvalue weighted by molar-refractivity contribution is 6.00. The summed E-state index contributed by atoms with van der Waals surface area (Å²) < 4.78 is 40.1. The smallest absolute Gasteiger partial charge is 0.254 e. The molecule has 0 fully saturated rings. The molecule has 0 aliphatic heterocycles. The molecule has 3 rings (SSSR count). The Kier molecular flexibility index (Phi) is 6.29. The largest absolute Gasteiger partial charge is 0.343 e. The highest BCUT2D eigenvalue weighted by Gasteiger charge is 2.21. The molecule has 3 aromatic carbocycles. The number of nitrogens with zero attached hydrogens (tertiary/aromatic N) is 1. The molecule has 0 radical (unpaired) electrons. The van der Waals surface area contributed by atoms with Gasteiger partial charge in [0.1, 0.15) is 0 Å². The van der Waals surface area contributed by atoms with E-state index in [-0.39, 0.29) is 6.54 Å². The fourth-order valence-corrected chi connectivity index (χ4v) is 2.75. The van der Waals surface area contributed by atoms with Crippen LogP contribution in [-0.4, -0.2) is 18.4 Å². The van der Waals surface area contributed by atoms with Gasteiger partial charge in [0.2, 0.25) is 5.91 Å². The summed E-state index contributed by atoms with van der Waals surface area (Å²) in [5.41, 5.74) is 0.823. The van der Waals surface area contributed by atoms with E-state index in [0.717, 1.165) is 11.6 Å². The van der Waals surface area contributed by atoms with Gasteiger partial charge in [-0.25, -0.2) is 13.2 Å². The van der Waals surface area contributed by atoms with Crippen molar-refractivity contribution in [3.05, 3.63) is 101 Å². The number of para-hydroxylation sites is 1. The van der Waals surface area contributed by atoms with Crippen molar-refractivity contribution in [2.45, 2.75) is 6.54 Å². The van der Waals surface area contributed by atoms with Gasteiger partial charge in [0.15, 0.2) is 17.5 Å². The molecule has 29 heavy (non-hydrogen) atoms. The monoisotopic (exact) mass is 398 g/mol. The maximum Gasteiger partial charge on any atom is 0.254 e. The van der Waals surface area contributed by atoms with Crippen molar-refractivity contribution >= 4 is 17.5 Å². The minimum atomic E-state index is -1.74. The first-order valence-corrected chi connectivity index (χ1v) is 8.78. The second kappa shape index (κ2) is 9.05. The van der Waals surface area contributed by atoms with E-state index >= 15 is 0 Å². The van der Waals surface area contributed by atoms with E-state index in [0.29, 0.717) is 11.8 Å². The average Bonchev–Trinajstić information content (AvgIpc) is 2.75. The summed E-state index contributed by atoms with van der Waals surface area (Å²) in [5, 5.41) is 2.26. The van der Waals surface area contributed by atoms with Crippen LogP contribution in [0.5, 0.6) is 0 Å². The summed E-state index contributed by atoms with van der Waals surface area (Å²) in [6.45, 7) is -0.182. The quantitative estimate of drug-likeness (QED) is 0.637. The van der Waals surface area contributed by atoms with Gasteiger partial charge in [-0.05, 0) is 29.8 Å². The predicted molar refractivity (Wildman–Crippen MR) is 103 cm³/mol. The molecule has 0 unspecified atom stereocenters. The fraction of sp³-hybridized carbons (Fsp3) is 0.0909. The summed E-state index contributed by atoms with van der Waals surface area (Å²) in [6, 6.07) is 19.6. The van der Waals surface area contributed by atoms with Gasteiger partial charge in [-0.3, -0.25) is 9.59 Å². The van der Waals surface area contributed by atoms with Gasteiger partial charge in [0.05, 0.1) is 18.7 Å². The molecule has 0 aromatic heterocycles. The van der Waals surface area contributed by atoms with Crippen molar-refractivity contribution in [1.29, 1.82) is 0 Å². The average molecular weight is 398 g/mol. The molecular formula is C22H17F3N2O2. The van der Waals surface area contributed by atoms with E-state index in [2.05, 4.69) is 5.32 Å². The topological polar surface area (TPSA) is 49.4 Å². The maximum absolute atomic E-state index is 13.8. The Morgan fingerprint density at radius 1 is 0.793 bits per heavy atom. The van der Waals surface area contributed by atoms with Crippen LogP contribution in [0.25, 0.3) is 0 Å². The fourth-order valence-electron chi connectivity index (χ4n) is 2.75. The van der Waals surface area contributed by atoms with Crippen molar-refractivity contribution < 1.29 is 22.8 Å². The Morgan fingerprint density at radius 3 is 2.07 bits per heavy atom. The number of hydrogen-bond acceptors (Lipinski definition) is 2. The first-order valence-electron chi connectivity index (χ1n) is 8.78. The zero-order chi connectivity index (χ0) is 20.8. The zero-order valence-corrected chi connectivity index (χ0v) is 15.2. The molecule has 0 aliphatic carbocycles. The number of halogens is 3. The second-order valence-corrected chi connectivity index (χ2v) is 6.21. The van der Waals surface area contributed by atoms with Crippen LogP contribution in [0.3, 0.4) is 0 Å². The number of benzene rings is 3. The number of carbonyl (C=O) groups is 2. The third-order valence-electron chi connectivity index (χ3n) is 4.23. The summed E-state index contributed by atoms with van der Waals surface area (Å²) in [7, 11) is 0. The lowest BCUT2D eigenvalue weighted by Gasteiger charge is -2.23. The maximum atomic E-state index is 13.8. The van der Waals surface area contributed by atoms with Crippen molar-refractivity contribution in [2.75, 3.05) is 11.4 Å². The van der Waals surface area contributed by atoms with Crippen LogP contribution in [-0.2, 0) is 11.3 Å². The molecule has 3 aromatic rings. The van der Waals surface area contributed by atoms with Gasteiger partial charge in [0, 0.05) is 5.69 Å². The Labute approximate surface area is 165 Å². The van der Waals surface area contributed by atoms with E-state index in [9.17, 15) is 22.8 Å². The van der Waals surface area contributed by atoms with Gasteiger partial charge in [0.25, 0.3) is 5.91 Å². The lowest BCUT2D eigenvalue weighted by atomic mass is 10.1. The van der Waals surface area contributed by atoms with Gasteiger partial charge in [-0.2, -0.15) is 0 Å². The van der Waals surface area contributed by atoms with E-state index in [1.54, 1.807) is 24.3 Å². The van der Waals surface area contributed by atoms with Crippen LogP contribution in [0.1, 0.15) is 15.9 Å². The van der Waals surface area contributed by atoms with Gasteiger partial charge in [-0.1, -0.05) is 48.5 Å². The van der Waals surface area contributed by atoms with Crippen molar-refractivity contribution in [2.24, 2.45) is 0 Å². The molecule has 0 atom stereocenters. The molecule has 148 valence electrons. The first kappa shape index (κ1) is 20.1. The molecule has 0 aliphatic rings. The summed E-state index contributed by atoms with van der Waals surface area (Å²) in [5.74, 6) is -6.19. The number of amides is 2. The van der Waals surface area contributed by atoms with E-state index in [1.807, 2.05) is 36.4 Å². The Hall–Kier alpha value is -3.61. The van der Waals surface area contributed by atoms with Gasteiger partial charge < -0.3 is 10.2 Å². The summed E-state index contributed by atoms with van der Waals surface area (Å²) in [6.07, 6.45) is 0. The molecule has 0 heterocycles.